The number of aliphatic hydroxyl groups excluding tert-OH is 14. The van der Waals surface area contributed by atoms with E-state index in [9.17, 15) is 71.5 Å². The second-order valence-corrected chi connectivity index (χ2v) is 25.7. The van der Waals surface area contributed by atoms with E-state index in [2.05, 4.69) is 40.7 Å². The average Bonchev–Trinajstić information content (AvgIpc) is 3.77. The van der Waals surface area contributed by atoms with E-state index in [4.69, 9.17) is 37.9 Å². The number of ether oxygens (including phenoxy) is 8. The van der Waals surface area contributed by atoms with Gasteiger partial charge in [-0.3, -0.25) is 0 Å². The van der Waals surface area contributed by atoms with Crippen molar-refractivity contribution in [2.24, 2.45) is 45.3 Å². The van der Waals surface area contributed by atoms with Gasteiger partial charge in [0.05, 0.1) is 43.7 Å². The molecule has 4 heterocycles. The van der Waals surface area contributed by atoms with E-state index in [1.807, 2.05) is 20.8 Å². The van der Waals surface area contributed by atoms with Gasteiger partial charge < -0.3 is 109 Å². The van der Waals surface area contributed by atoms with E-state index in [0.717, 1.165) is 24.8 Å². The molecule has 22 nitrogen and oxygen atoms in total. The van der Waals surface area contributed by atoms with Crippen LogP contribution < -0.4 is 0 Å². The van der Waals surface area contributed by atoms with Crippen molar-refractivity contribution in [1.29, 1.82) is 0 Å². The lowest BCUT2D eigenvalue weighted by molar-refractivity contribution is -0.378. The lowest BCUT2D eigenvalue weighted by atomic mass is 9.35. The molecule has 4 aliphatic carbocycles. The number of aliphatic hydroxyl groups is 14. The molecule has 8 fully saturated rings. The Hall–Kier alpha value is -1.14. The summed E-state index contributed by atoms with van der Waals surface area (Å²) in [6, 6.07) is 0. The fourth-order valence-corrected chi connectivity index (χ4v) is 16.2. The van der Waals surface area contributed by atoms with Crippen LogP contribution in [-0.4, -0.2) is 232 Å². The largest absolute Gasteiger partial charge is 0.394 e. The fraction of sp³-hybridized carbons (Fsp3) is 0.963. The molecule has 0 amide bonds. The zero-order valence-corrected chi connectivity index (χ0v) is 45.6. The first-order valence-corrected chi connectivity index (χ1v) is 27.7. The Bertz CT molecular complexity index is 1980. The second-order valence-electron chi connectivity index (χ2n) is 25.7. The maximum absolute atomic E-state index is 12.8. The van der Waals surface area contributed by atoms with Gasteiger partial charge in [-0.15, -0.1) is 0 Å². The molecule has 76 heavy (non-hydrogen) atoms. The van der Waals surface area contributed by atoms with Crippen LogP contribution in [0.3, 0.4) is 0 Å². The maximum atomic E-state index is 12.8. The topological polar surface area (TPSA) is 357 Å². The molecular weight excluding hydrogens is 1000 g/mol. The number of hydrogen-bond donors (Lipinski definition) is 14. The predicted molar refractivity (Wildman–Crippen MR) is 265 cm³/mol. The molecule has 0 spiro atoms. The average molecular weight is 1090 g/mol. The molecular formula is C54H92O22. The van der Waals surface area contributed by atoms with Crippen LogP contribution in [0.2, 0.25) is 0 Å². The first kappa shape index (κ1) is 60.9. The first-order valence-electron chi connectivity index (χ1n) is 27.7. The molecule has 22 heteroatoms. The van der Waals surface area contributed by atoms with Crippen LogP contribution in [0.4, 0.5) is 0 Å². The lowest BCUT2D eigenvalue weighted by Gasteiger charge is -2.71. The molecule has 0 aromatic carbocycles. The summed E-state index contributed by atoms with van der Waals surface area (Å²) >= 11 is 0. The zero-order chi connectivity index (χ0) is 55.9. The van der Waals surface area contributed by atoms with Crippen LogP contribution in [0.15, 0.2) is 11.6 Å². The van der Waals surface area contributed by atoms with Crippen molar-refractivity contribution in [3.05, 3.63) is 11.6 Å². The summed E-state index contributed by atoms with van der Waals surface area (Å²) in [6.45, 7) is 16.9. The predicted octanol–water partition coefficient (Wildman–Crippen LogP) is -1.17. The van der Waals surface area contributed by atoms with Crippen LogP contribution in [0.1, 0.15) is 120 Å². The SMILES string of the molecule is CC(C)=CCC[C@](C)(O[C@@H]1O[C@H](COC2O[C@H](C)[C@@H](O)[C@H](O)[C@H]2O)[C@@H](O)[C@H](O)[C@H]1O)C1CC[C@]2(C)C1[C@H](O)CC1[C@@]3(C)CCC(O[C@H]4O[C@H](CO)[C@@H](O)[C@H](O)[C@H]4O[C@@H]4O[C@H](CO)[C@@H](O)[C@H](O)[C@H]4O)C(C)(C)C3CC[C@]12C. The van der Waals surface area contributed by atoms with E-state index in [1.54, 1.807) is 0 Å². The summed E-state index contributed by atoms with van der Waals surface area (Å²) < 4.78 is 49.1. The highest BCUT2D eigenvalue weighted by Crippen LogP contribution is 2.76. The minimum atomic E-state index is -1.81. The van der Waals surface area contributed by atoms with Gasteiger partial charge >= 0.3 is 0 Å². The van der Waals surface area contributed by atoms with Gasteiger partial charge in [0.1, 0.15) is 91.6 Å². The zero-order valence-electron chi connectivity index (χ0n) is 45.6. The Labute approximate surface area is 445 Å². The Balaban J connectivity index is 1.01. The number of rotatable bonds is 15. The summed E-state index contributed by atoms with van der Waals surface area (Å²) in [5.74, 6) is -0.404. The van der Waals surface area contributed by atoms with Gasteiger partial charge in [-0.2, -0.15) is 0 Å². The molecule has 0 aromatic rings. The molecule has 4 saturated heterocycles. The molecule has 0 bridgehead atoms. The third-order valence-electron chi connectivity index (χ3n) is 20.9. The molecule has 0 radical (unpaired) electrons. The second kappa shape index (κ2) is 22.9. The number of fused-ring (bicyclic) bond motifs is 5. The molecule has 8 rings (SSSR count). The number of hydrogen-bond acceptors (Lipinski definition) is 22. The van der Waals surface area contributed by atoms with Gasteiger partial charge in [-0.25, -0.2) is 0 Å². The molecule has 6 unspecified atom stereocenters. The molecule has 440 valence electrons. The van der Waals surface area contributed by atoms with Crippen molar-refractivity contribution < 1.29 is 109 Å². The van der Waals surface area contributed by atoms with Crippen LogP contribution in [0.5, 0.6) is 0 Å². The van der Waals surface area contributed by atoms with Crippen molar-refractivity contribution in [2.45, 2.75) is 261 Å². The van der Waals surface area contributed by atoms with Gasteiger partial charge in [0.2, 0.25) is 0 Å². The minimum absolute atomic E-state index is 0.0493. The van der Waals surface area contributed by atoms with Crippen molar-refractivity contribution in [1.82, 2.24) is 0 Å². The quantitative estimate of drug-likeness (QED) is 0.0678. The van der Waals surface area contributed by atoms with Crippen LogP contribution in [0.25, 0.3) is 0 Å². The lowest BCUT2D eigenvalue weighted by Crippen LogP contribution is -2.68. The van der Waals surface area contributed by atoms with Crippen LogP contribution >= 0.6 is 0 Å². The van der Waals surface area contributed by atoms with Crippen LogP contribution in [-0.2, 0) is 37.9 Å². The minimum Gasteiger partial charge on any atom is -0.394 e. The highest BCUT2D eigenvalue weighted by molar-refractivity contribution is 5.20. The summed E-state index contributed by atoms with van der Waals surface area (Å²) in [5.41, 5.74) is -1.49. The summed E-state index contributed by atoms with van der Waals surface area (Å²) in [5, 5.41) is 152. The Morgan fingerprint density at radius 3 is 1.76 bits per heavy atom. The smallest absolute Gasteiger partial charge is 0.187 e. The van der Waals surface area contributed by atoms with Gasteiger partial charge in [0.15, 0.2) is 25.2 Å². The maximum Gasteiger partial charge on any atom is 0.187 e. The highest BCUT2D eigenvalue weighted by atomic mass is 16.8. The third-order valence-corrected chi connectivity index (χ3v) is 20.9. The van der Waals surface area contributed by atoms with Gasteiger partial charge in [-0.05, 0) is 131 Å². The van der Waals surface area contributed by atoms with Gasteiger partial charge in [0.25, 0.3) is 0 Å². The van der Waals surface area contributed by atoms with Crippen molar-refractivity contribution >= 4 is 0 Å². The number of allylic oxidation sites excluding steroid dienone is 2. The van der Waals surface area contributed by atoms with E-state index in [0.29, 0.717) is 38.5 Å². The van der Waals surface area contributed by atoms with Gasteiger partial charge in [0, 0.05) is 0 Å². The highest BCUT2D eigenvalue weighted by Gasteiger charge is 2.72. The summed E-state index contributed by atoms with van der Waals surface area (Å²) in [4.78, 5) is 0. The normalized spacial score (nSPS) is 53.2. The summed E-state index contributed by atoms with van der Waals surface area (Å²) in [6.07, 6.45) is -23.7. The Morgan fingerprint density at radius 1 is 0.579 bits per heavy atom. The van der Waals surface area contributed by atoms with E-state index < -0.39 is 171 Å². The molecule has 0 aromatic heterocycles. The fourth-order valence-electron chi connectivity index (χ4n) is 16.2. The van der Waals surface area contributed by atoms with E-state index in [-0.39, 0.29) is 34.5 Å². The third kappa shape index (κ3) is 10.5. The molecule has 4 aliphatic heterocycles. The summed E-state index contributed by atoms with van der Waals surface area (Å²) in [7, 11) is 0. The van der Waals surface area contributed by atoms with Gasteiger partial charge in [-0.1, -0.05) is 46.3 Å². The van der Waals surface area contributed by atoms with E-state index >= 15 is 0 Å². The standard InChI is InChI=1S/C54H92O22/c1-23(2)11-10-15-54(9,76-48-44(68)40(64)37(61)29(73-48)22-69-46-42(66)38(62)34(58)24(3)70-46)25-12-17-53(8)33(25)26(57)19-31-51(6)16-14-32(50(4,5)30(51)13-18-52(31,53)7)74-49-45(41(65)36(60)28(21-56)72-49)75-47-43(67)39(63)35(59)27(20-55)71-47/h11,24-49,55-68H,10,12-22H2,1-9H3/t24-,25?,26-,27-,28-,29-,30?,31?,32?,33?,34-,35-,36-,37-,38+,39+,40+,41+,42-,43-,44-,45-,46?,47+,48+,49-,51+,52-,53-,54+/m1/s1. The molecule has 4 saturated carbocycles. The van der Waals surface area contributed by atoms with Crippen molar-refractivity contribution in [3.8, 4) is 0 Å². The van der Waals surface area contributed by atoms with Crippen molar-refractivity contribution in [3.63, 3.8) is 0 Å². The Morgan fingerprint density at radius 2 is 1.13 bits per heavy atom. The first-order chi connectivity index (χ1) is 35.5. The Kier molecular flexibility index (Phi) is 18.4. The van der Waals surface area contributed by atoms with E-state index in [1.165, 1.54) is 6.92 Å². The molecule has 8 aliphatic rings. The van der Waals surface area contributed by atoms with Crippen molar-refractivity contribution in [2.75, 3.05) is 19.8 Å². The monoisotopic (exact) mass is 1090 g/mol. The molecule has 30 atom stereocenters. The van der Waals surface area contributed by atoms with Crippen LogP contribution in [0, 0.1) is 45.3 Å². The molecule has 14 N–H and O–H groups in total.